The number of thioether (sulfide) groups is 1. The molecular weight excluding hydrogens is 350 g/mol. The van der Waals surface area contributed by atoms with Crippen LogP contribution >= 0.6 is 11.8 Å². The third-order valence-electron chi connectivity index (χ3n) is 4.17. The summed E-state index contributed by atoms with van der Waals surface area (Å²) in [4.78, 5) is 30.2. The zero-order chi connectivity index (χ0) is 18.7. The Morgan fingerprint density at radius 3 is 3.00 bits per heavy atom. The van der Waals surface area contributed by atoms with Crippen molar-refractivity contribution < 1.29 is 4.79 Å². The first kappa shape index (κ1) is 18.2. The summed E-state index contributed by atoms with van der Waals surface area (Å²) in [7, 11) is 3.69. The summed E-state index contributed by atoms with van der Waals surface area (Å²) >= 11 is 1.56. The molecule has 138 valence electrons. The van der Waals surface area contributed by atoms with Gasteiger partial charge in [-0.15, -0.1) is 11.8 Å². The largest absolute Gasteiger partial charge is 0.390 e. The Bertz CT molecular complexity index is 873. The fourth-order valence-corrected chi connectivity index (χ4v) is 3.57. The molecule has 2 aromatic rings. The van der Waals surface area contributed by atoms with Crippen LogP contribution in [-0.2, 0) is 11.8 Å². The summed E-state index contributed by atoms with van der Waals surface area (Å²) in [6, 6.07) is 0. The number of nitrogens with one attached hydrogen (secondary N) is 1. The predicted octanol–water partition coefficient (Wildman–Crippen LogP) is 1.69. The molecule has 0 saturated heterocycles. The second-order valence-electron chi connectivity index (χ2n) is 5.97. The van der Waals surface area contributed by atoms with Gasteiger partial charge in [0, 0.05) is 51.0 Å². The highest BCUT2D eigenvalue weighted by Gasteiger charge is 2.24. The number of carbonyl (C=O) groups excluding carboxylic acids is 1. The van der Waals surface area contributed by atoms with Crippen LogP contribution in [0.5, 0.6) is 0 Å². The molecular formula is C17H23N7OS. The number of nitrogens with zero attached hydrogens (tertiary/aromatic N) is 6. The van der Waals surface area contributed by atoms with E-state index in [2.05, 4.69) is 20.3 Å². The number of anilines is 1. The molecule has 9 heteroatoms. The molecule has 26 heavy (non-hydrogen) atoms. The molecule has 0 bridgehead atoms. The minimum atomic E-state index is -0.0299. The average Bonchev–Trinajstić information content (AvgIpc) is 3.06. The van der Waals surface area contributed by atoms with Gasteiger partial charge in [-0.3, -0.25) is 4.79 Å². The van der Waals surface area contributed by atoms with Crippen molar-refractivity contribution in [2.45, 2.75) is 13.8 Å². The maximum atomic E-state index is 12.8. The van der Waals surface area contributed by atoms with Crippen molar-refractivity contribution in [2.24, 2.45) is 7.05 Å². The molecule has 0 aliphatic carbocycles. The molecule has 0 unspecified atom stereocenters. The molecule has 0 saturated carbocycles. The molecule has 2 aromatic heterocycles. The Balaban J connectivity index is 1.88. The highest BCUT2D eigenvalue weighted by Crippen LogP contribution is 2.29. The van der Waals surface area contributed by atoms with E-state index < -0.39 is 0 Å². The zero-order valence-electron chi connectivity index (χ0n) is 15.4. The van der Waals surface area contributed by atoms with Crippen LogP contribution in [0, 0.1) is 0 Å². The number of rotatable bonds is 5. The second kappa shape index (κ2) is 7.77. The van der Waals surface area contributed by atoms with Gasteiger partial charge in [0.2, 0.25) is 0 Å². The van der Waals surface area contributed by atoms with Crippen molar-refractivity contribution in [3.63, 3.8) is 0 Å². The normalized spacial score (nSPS) is 15.2. The second-order valence-corrected chi connectivity index (χ2v) is 7.10. The Morgan fingerprint density at radius 1 is 1.42 bits per heavy atom. The van der Waals surface area contributed by atoms with E-state index in [1.54, 1.807) is 30.0 Å². The van der Waals surface area contributed by atoms with E-state index in [1.165, 1.54) is 6.33 Å². The van der Waals surface area contributed by atoms with Crippen LogP contribution in [0.3, 0.4) is 0 Å². The summed E-state index contributed by atoms with van der Waals surface area (Å²) < 4.78 is 1.86. The van der Waals surface area contributed by atoms with Crippen molar-refractivity contribution in [2.75, 3.05) is 30.8 Å². The summed E-state index contributed by atoms with van der Waals surface area (Å²) in [5, 5.41) is 3.12. The Labute approximate surface area is 157 Å². The molecule has 0 aromatic carbocycles. The van der Waals surface area contributed by atoms with Crippen LogP contribution in [0.1, 0.15) is 13.8 Å². The highest BCUT2D eigenvalue weighted by atomic mass is 32.2. The number of allylic oxidation sites excluding steroid dienone is 1. The van der Waals surface area contributed by atoms with Crippen molar-refractivity contribution in [3.8, 4) is 0 Å². The van der Waals surface area contributed by atoms with E-state index in [-0.39, 0.29) is 5.91 Å². The predicted molar refractivity (Wildman–Crippen MR) is 104 cm³/mol. The smallest absolute Gasteiger partial charge is 0.265 e. The van der Waals surface area contributed by atoms with Crippen molar-refractivity contribution in [3.05, 3.63) is 35.7 Å². The van der Waals surface area contributed by atoms with Gasteiger partial charge < -0.3 is 19.7 Å². The van der Waals surface area contributed by atoms with Gasteiger partial charge in [-0.2, -0.15) is 0 Å². The lowest BCUT2D eigenvalue weighted by molar-refractivity contribution is -0.123. The number of hydrogen-bond donors (Lipinski definition) is 1. The maximum Gasteiger partial charge on any atom is 0.265 e. The first-order valence-electron chi connectivity index (χ1n) is 8.44. The standard InChI is InChI=1S/C17H23N7OS/c1-5-18-8-12(2)23(4)17(25)13-9-24(6-7-26-13)16-14-15(19-10-20-16)22(3)11-21-14/h8-11,18H,5-7H2,1-4H3/b12-8+. The van der Waals surface area contributed by atoms with E-state index in [1.807, 2.05) is 42.8 Å². The molecule has 8 nitrogen and oxygen atoms in total. The summed E-state index contributed by atoms with van der Waals surface area (Å²) in [5.74, 6) is 1.50. The number of likely N-dealkylation sites (N-methyl/N-ethyl adjacent to an activating group) is 1. The lowest BCUT2D eigenvalue weighted by Crippen LogP contribution is -2.32. The first-order valence-corrected chi connectivity index (χ1v) is 9.43. The Morgan fingerprint density at radius 2 is 2.23 bits per heavy atom. The van der Waals surface area contributed by atoms with Gasteiger partial charge in [0.25, 0.3) is 5.91 Å². The van der Waals surface area contributed by atoms with Crippen molar-refractivity contribution >= 4 is 34.7 Å². The minimum absolute atomic E-state index is 0.0299. The van der Waals surface area contributed by atoms with E-state index in [9.17, 15) is 4.79 Å². The third kappa shape index (κ3) is 3.52. The Kier molecular flexibility index (Phi) is 5.46. The van der Waals surface area contributed by atoms with Gasteiger partial charge in [0.05, 0.1) is 11.2 Å². The molecule has 0 radical (unpaired) electrons. The molecule has 1 aliphatic heterocycles. The number of aryl methyl sites for hydroxylation is 1. The zero-order valence-corrected chi connectivity index (χ0v) is 16.2. The van der Waals surface area contributed by atoms with Gasteiger partial charge in [-0.1, -0.05) is 0 Å². The maximum absolute atomic E-state index is 12.8. The lowest BCUT2D eigenvalue weighted by atomic mass is 10.3. The molecule has 3 heterocycles. The minimum Gasteiger partial charge on any atom is -0.390 e. The van der Waals surface area contributed by atoms with Gasteiger partial charge >= 0.3 is 0 Å². The first-order chi connectivity index (χ1) is 12.5. The van der Waals surface area contributed by atoms with E-state index in [4.69, 9.17) is 0 Å². The lowest BCUT2D eigenvalue weighted by Gasteiger charge is -2.27. The summed E-state index contributed by atoms with van der Waals surface area (Å²) in [6.45, 7) is 5.51. The number of aromatic nitrogens is 4. The van der Waals surface area contributed by atoms with E-state index in [0.717, 1.165) is 41.5 Å². The van der Waals surface area contributed by atoms with Gasteiger partial charge in [0.1, 0.15) is 6.33 Å². The Hall–Kier alpha value is -2.55. The molecule has 0 fully saturated rings. The fourth-order valence-electron chi connectivity index (χ4n) is 2.60. The quantitative estimate of drug-likeness (QED) is 0.854. The molecule has 1 N–H and O–H groups in total. The number of hydrogen-bond acceptors (Lipinski definition) is 7. The molecule has 3 rings (SSSR count). The SMILES string of the molecule is CCN/C=C(\C)N(C)C(=O)C1=CN(c2ncnc3c2ncn3C)CCS1. The van der Waals surface area contributed by atoms with Gasteiger partial charge in [-0.25, -0.2) is 15.0 Å². The van der Waals surface area contributed by atoms with Gasteiger partial charge in [-0.05, 0) is 13.8 Å². The van der Waals surface area contributed by atoms with E-state index in [0.29, 0.717) is 4.91 Å². The molecule has 0 atom stereocenters. The van der Waals surface area contributed by atoms with Crippen LogP contribution in [0.4, 0.5) is 5.82 Å². The van der Waals surface area contributed by atoms with Crippen molar-refractivity contribution in [1.29, 1.82) is 0 Å². The molecule has 0 spiro atoms. The summed E-state index contributed by atoms with van der Waals surface area (Å²) in [5.41, 5.74) is 2.38. The summed E-state index contributed by atoms with van der Waals surface area (Å²) in [6.07, 6.45) is 6.97. The van der Waals surface area contributed by atoms with Crippen LogP contribution in [-0.4, -0.2) is 56.2 Å². The number of amides is 1. The van der Waals surface area contributed by atoms with Crippen molar-refractivity contribution in [1.82, 2.24) is 29.7 Å². The third-order valence-corrected chi connectivity index (χ3v) is 5.15. The van der Waals surface area contributed by atoms with Gasteiger partial charge in [0.15, 0.2) is 17.0 Å². The number of carbonyl (C=O) groups is 1. The van der Waals surface area contributed by atoms with Crippen LogP contribution < -0.4 is 10.2 Å². The van der Waals surface area contributed by atoms with Crippen LogP contribution in [0.15, 0.2) is 35.7 Å². The average molecular weight is 373 g/mol. The van der Waals surface area contributed by atoms with Crippen LogP contribution in [0.2, 0.25) is 0 Å². The molecule has 1 amide bonds. The number of imidazole rings is 1. The fraction of sp³-hybridized carbons (Fsp3) is 0.412. The molecule has 1 aliphatic rings. The highest BCUT2D eigenvalue weighted by molar-refractivity contribution is 8.04. The topological polar surface area (TPSA) is 79.2 Å². The van der Waals surface area contributed by atoms with E-state index >= 15 is 0 Å². The van der Waals surface area contributed by atoms with Crippen LogP contribution in [0.25, 0.3) is 11.2 Å². The number of fused-ring (bicyclic) bond motifs is 1. The monoisotopic (exact) mass is 373 g/mol.